The fraction of sp³-hybridized carbons (Fsp3) is 0.333. The molecule has 0 radical (unpaired) electrons. The van der Waals surface area contributed by atoms with Gasteiger partial charge in [-0.25, -0.2) is 0 Å². The number of benzene rings is 1. The lowest BCUT2D eigenvalue weighted by Crippen LogP contribution is -2.28. The molecule has 1 aliphatic heterocycles. The Morgan fingerprint density at radius 2 is 2.32 bits per heavy atom. The van der Waals surface area contributed by atoms with Crippen molar-refractivity contribution in [2.24, 2.45) is 7.05 Å². The molecule has 112 valence electrons. The molecule has 1 amide bonds. The molecule has 0 bridgehead atoms. The third-order valence-electron chi connectivity index (χ3n) is 4.14. The summed E-state index contributed by atoms with van der Waals surface area (Å²) in [5.41, 5.74) is 3.90. The van der Waals surface area contributed by atoms with E-state index in [0.717, 1.165) is 35.2 Å². The second-order valence-electron chi connectivity index (χ2n) is 5.91. The molecule has 1 fully saturated rings. The molecule has 2 aliphatic rings. The molecule has 22 heavy (non-hydrogen) atoms. The molecule has 1 aliphatic carbocycles. The van der Waals surface area contributed by atoms with Gasteiger partial charge in [0.2, 0.25) is 0 Å². The number of carbonyl (C=O) groups excluding carboxylic acids is 1. The second kappa shape index (κ2) is 4.96. The molecule has 1 aromatic heterocycles. The van der Waals surface area contributed by atoms with Gasteiger partial charge in [-0.3, -0.25) is 9.48 Å². The molecule has 4 rings (SSSR count). The lowest BCUT2D eigenvalue weighted by molar-refractivity contribution is 0.102. The van der Waals surface area contributed by atoms with Gasteiger partial charge in [0.05, 0.1) is 18.0 Å². The zero-order valence-electron chi connectivity index (χ0n) is 12.2. The van der Waals surface area contributed by atoms with Gasteiger partial charge in [0, 0.05) is 24.7 Å². The van der Waals surface area contributed by atoms with Crippen LogP contribution in [0.2, 0.25) is 0 Å². The third kappa shape index (κ3) is 2.32. The monoisotopic (exact) mass is 297 g/mol. The van der Waals surface area contributed by atoms with Gasteiger partial charge in [-0.15, -0.1) is 0 Å². The summed E-state index contributed by atoms with van der Waals surface area (Å²) in [6, 6.07) is 5.22. The van der Waals surface area contributed by atoms with Gasteiger partial charge >= 0.3 is 7.12 Å². The average molecular weight is 297 g/mol. The first-order valence-corrected chi connectivity index (χ1v) is 7.39. The van der Waals surface area contributed by atoms with Gasteiger partial charge in [-0.05, 0) is 36.0 Å². The highest BCUT2D eigenvalue weighted by molar-refractivity contribution is 6.61. The maximum atomic E-state index is 12.4. The number of hydrogen-bond acceptors (Lipinski definition) is 4. The number of rotatable bonds is 3. The van der Waals surface area contributed by atoms with E-state index < -0.39 is 7.12 Å². The lowest BCUT2D eigenvalue weighted by Gasteiger charge is -2.06. The third-order valence-corrected chi connectivity index (χ3v) is 4.14. The van der Waals surface area contributed by atoms with E-state index >= 15 is 0 Å². The predicted molar refractivity (Wildman–Crippen MR) is 82.0 cm³/mol. The van der Waals surface area contributed by atoms with Crippen molar-refractivity contribution in [3.05, 3.63) is 41.2 Å². The number of amides is 1. The normalized spacial score (nSPS) is 16.7. The molecule has 1 saturated carbocycles. The smallest absolute Gasteiger partial charge is 0.423 e. The summed E-state index contributed by atoms with van der Waals surface area (Å²) in [4.78, 5) is 12.4. The quantitative estimate of drug-likeness (QED) is 0.820. The summed E-state index contributed by atoms with van der Waals surface area (Å²) in [7, 11) is 0.974. The first-order valence-electron chi connectivity index (χ1n) is 7.39. The highest BCUT2D eigenvalue weighted by Crippen LogP contribution is 2.42. The van der Waals surface area contributed by atoms with Crippen LogP contribution >= 0.6 is 0 Å². The van der Waals surface area contributed by atoms with Crippen molar-refractivity contribution in [1.82, 2.24) is 9.78 Å². The molecule has 0 saturated heterocycles. The Hall–Kier alpha value is -2.12. The van der Waals surface area contributed by atoms with Crippen molar-refractivity contribution in [1.29, 1.82) is 0 Å². The van der Waals surface area contributed by atoms with Crippen LogP contribution in [-0.2, 0) is 18.3 Å². The van der Waals surface area contributed by atoms with Crippen LogP contribution in [0.3, 0.4) is 0 Å². The topological polar surface area (TPSA) is 76.4 Å². The first-order chi connectivity index (χ1) is 10.6. The van der Waals surface area contributed by atoms with Crippen molar-refractivity contribution < 1.29 is 14.5 Å². The number of aromatic nitrogens is 2. The molecular weight excluding hydrogens is 281 g/mol. The summed E-state index contributed by atoms with van der Waals surface area (Å²) in [6.45, 7) is 0.331. The van der Waals surface area contributed by atoms with Crippen LogP contribution in [-0.4, -0.2) is 27.8 Å². The van der Waals surface area contributed by atoms with Crippen molar-refractivity contribution in [2.75, 3.05) is 5.32 Å². The van der Waals surface area contributed by atoms with E-state index in [2.05, 4.69) is 10.4 Å². The highest BCUT2D eigenvalue weighted by atomic mass is 16.5. The van der Waals surface area contributed by atoms with Crippen LogP contribution in [0.25, 0.3) is 0 Å². The number of nitrogens with zero attached hydrogens (tertiary/aromatic N) is 2. The van der Waals surface area contributed by atoms with Crippen LogP contribution in [0, 0.1) is 0 Å². The zero-order chi connectivity index (χ0) is 15.3. The molecule has 2 aromatic rings. The molecule has 0 atom stereocenters. The summed E-state index contributed by atoms with van der Waals surface area (Å²) in [5.74, 6) is 0.305. The Labute approximate surface area is 128 Å². The largest absolute Gasteiger partial charge is 0.491 e. The number of carbonyl (C=O) groups is 1. The van der Waals surface area contributed by atoms with E-state index in [4.69, 9.17) is 4.65 Å². The molecule has 2 heterocycles. The Balaban J connectivity index is 1.58. The van der Waals surface area contributed by atoms with Crippen LogP contribution in [0.15, 0.2) is 24.4 Å². The first kappa shape index (κ1) is 13.5. The molecule has 2 N–H and O–H groups in total. The zero-order valence-corrected chi connectivity index (χ0v) is 12.2. The SMILES string of the molecule is Cn1cc(NC(=O)c2ccc3c(c2)COB3O)c(C2CC2)n1. The maximum absolute atomic E-state index is 12.4. The standard InChI is InChI=1S/C15H16BN3O3/c1-19-7-13(14(18-19)9-2-3-9)17-15(20)10-4-5-12-11(6-10)8-22-16(12)21/h4-7,9,21H,2-3,8H2,1H3,(H,17,20). The minimum atomic E-state index is -0.882. The van der Waals surface area contributed by atoms with Gasteiger partial charge in [-0.2, -0.15) is 5.10 Å². The summed E-state index contributed by atoms with van der Waals surface area (Å²) < 4.78 is 6.88. The fourth-order valence-corrected chi connectivity index (χ4v) is 2.83. The van der Waals surface area contributed by atoms with Gasteiger partial charge in [0.1, 0.15) is 0 Å². The number of nitrogens with one attached hydrogen (secondary N) is 1. The second-order valence-corrected chi connectivity index (χ2v) is 5.91. The van der Waals surface area contributed by atoms with E-state index in [0.29, 0.717) is 18.1 Å². The Morgan fingerprint density at radius 1 is 1.50 bits per heavy atom. The predicted octanol–water partition coefficient (Wildman–Crippen LogP) is 0.767. The maximum Gasteiger partial charge on any atom is 0.491 e. The summed E-state index contributed by atoms with van der Waals surface area (Å²) in [6.07, 6.45) is 4.10. The molecule has 1 aromatic carbocycles. The molecule has 0 spiro atoms. The van der Waals surface area contributed by atoms with Gasteiger partial charge < -0.3 is 15.0 Å². The Bertz CT molecular complexity index is 754. The minimum Gasteiger partial charge on any atom is -0.423 e. The fourth-order valence-electron chi connectivity index (χ4n) is 2.83. The van der Waals surface area contributed by atoms with Crippen LogP contribution in [0.5, 0.6) is 0 Å². The molecule has 6 nitrogen and oxygen atoms in total. The van der Waals surface area contributed by atoms with Crippen molar-refractivity contribution in [3.8, 4) is 0 Å². The van der Waals surface area contributed by atoms with E-state index in [9.17, 15) is 9.82 Å². The summed E-state index contributed by atoms with van der Waals surface area (Å²) in [5, 5.41) is 17.0. The molecule has 7 heteroatoms. The number of fused-ring (bicyclic) bond motifs is 1. The average Bonchev–Trinajstić information content (AvgIpc) is 3.19. The van der Waals surface area contributed by atoms with Crippen LogP contribution < -0.4 is 10.8 Å². The number of aryl methyl sites for hydroxylation is 1. The van der Waals surface area contributed by atoms with E-state index in [1.165, 1.54) is 0 Å². The van der Waals surface area contributed by atoms with Gasteiger partial charge in [-0.1, -0.05) is 6.07 Å². The minimum absolute atomic E-state index is 0.168. The van der Waals surface area contributed by atoms with E-state index in [1.807, 2.05) is 13.2 Å². The number of anilines is 1. The summed E-state index contributed by atoms with van der Waals surface area (Å²) >= 11 is 0. The lowest BCUT2D eigenvalue weighted by atomic mass is 9.79. The van der Waals surface area contributed by atoms with E-state index in [1.54, 1.807) is 22.9 Å². The Kier molecular flexibility index (Phi) is 3.06. The number of hydrogen-bond donors (Lipinski definition) is 2. The highest BCUT2D eigenvalue weighted by Gasteiger charge is 2.30. The van der Waals surface area contributed by atoms with E-state index in [-0.39, 0.29) is 5.91 Å². The van der Waals surface area contributed by atoms with Crippen molar-refractivity contribution >= 4 is 24.2 Å². The van der Waals surface area contributed by atoms with Crippen LogP contribution in [0.1, 0.15) is 40.4 Å². The van der Waals surface area contributed by atoms with Gasteiger partial charge in [0.15, 0.2) is 0 Å². The van der Waals surface area contributed by atoms with Crippen LogP contribution in [0.4, 0.5) is 5.69 Å². The molecular formula is C15H16BN3O3. The van der Waals surface area contributed by atoms with Crippen molar-refractivity contribution in [2.45, 2.75) is 25.4 Å². The van der Waals surface area contributed by atoms with Gasteiger partial charge in [0.25, 0.3) is 5.91 Å². The molecule has 0 unspecified atom stereocenters. The van der Waals surface area contributed by atoms with Crippen molar-refractivity contribution in [3.63, 3.8) is 0 Å². The Morgan fingerprint density at radius 3 is 3.09 bits per heavy atom.